The molecule has 6 rings (SSSR count). The van der Waals surface area contributed by atoms with E-state index in [-0.39, 0.29) is 17.6 Å². The zero-order valence-corrected chi connectivity index (χ0v) is 17.4. The fourth-order valence-corrected chi connectivity index (χ4v) is 6.76. The van der Waals surface area contributed by atoms with Crippen molar-refractivity contribution in [3.05, 3.63) is 59.7 Å². The van der Waals surface area contributed by atoms with E-state index in [2.05, 4.69) is 55.3 Å². The van der Waals surface area contributed by atoms with E-state index in [9.17, 15) is 4.79 Å². The van der Waals surface area contributed by atoms with Crippen molar-refractivity contribution in [3.63, 3.8) is 0 Å². The van der Waals surface area contributed by atoms with E-state index in [0.717, 1.165) is 29.9 Å². The van der Waals surface area contributed by atoms with Gasteiger partial charge in [-0.15, -0.1) is 0 Å². The van der Waals surface area contributed by atoms with Crippen LogP contribution in [-0.4, -0.2) is 35.6 Å². The van der Waals surface area contributed by atoms with Gasteiger partial charge in [-0.3, -0.25) is 9.69 Å². The lowest BCUT2D eigenvalue weighted by molar-refractivity contribution is -0.159. The van der Waals surface area contributed by atoms with Crippen LogP contribution in [0.25, 0.3) is 11.1 Å². The molecular formula is C26H29NO2. The average molecular weight is 388 g/mol. The second-order valence-electron chi connectivity index (χ2n) is 9.86. The van der Waals surface area contributed by atoms with E-state index >= 15 is 0 Å². The second kappa shape index (κ2) is 5.95. The largest absolute Gasteiger partial charge is 0.461 e. The van der Waals surface area contributed by atoms with Gasteiger partial charge in [-0.2, -0.15) is 0 Å². The number of rotatable bonds is 3. The molecule has 0 N–H and O–H groups in total. The molecule has 3 unspecified atom stereocenters. The average Bonchev–Trinajstić information content (AvgIpc) is 3.53. The Balaban J connectivity index is 1.33. The third-order valence-electron chi connectivity index (χ3n) is 8.52. The molecule has 3 atom stereocenters. The van der Waals surface area contributed by atoms with Crippen molar-refractivity contribution in [2.45, 2.75) is 68.5 Å². The molecule has 4 aliphatic rings. The predicted molar refractivity (Wildman–Crippen MR) is 114 cm³/mol. The summed E-state index contributed by atoms with van der Waals surface area (Å²) in [6.45, 7) is 2.06. The smallest absolute Gasteiger partial charge is 0.321 e. The first-order valence-electron chi connectivity index (χ1n) is 11.2. The molecule has 0 amide bonds. The number of hydrogen-bond acceptors (Lipinski definition) is 3. The van der Waals surface area contributed by atoms with Crippen molar-refractivity contribution >= 4 is 5.97 Å². The molecular weight excluding hydrogens is 358 g/mol. The minimum atomic E-state index is -0.720. The van der Waals surface area contributed by atoms with Crippen LogP contribution in [0.5, 0.6) is 0 Å². The van der Waals surface area contributed by atoms with Crippen molar-refractivity contribution in [3.8, 4) is 11.1 Å². The first-order valence-corrected chi connectivity index (χ1v) is 11.2. The quantitative estimate of drug-likeness (QED) is 0.700. The second-order valence-corrected chi connectivity index (χ2v) is 9.86. The summed E-state index contributed by atoms with van der Waals surface area (Å²) < 4.78 is 6.36. The topological polar surface area (TPSA) is 29.5 Å². The number of nitrogens with zero attached hydrogens (tertiary/aromatic N) is 1. The predicted octanol–water partition coefficient (Wildman–Crippen LogP) is 4.92. The minimum Gasteiger partial charge on any atom is -0.461 e. The first kappa shape index (κ1) is 17.7. The van der Waals surface area contributed by atoms with Gasteiger partial charge >= 0.3 is 5.97 Å². The number of hydrogen-bond donors (Lipinski definition) is 0. The van der Waals surface area contributed by atoms with Crippen LogP contribution in [0.1, 0.15) is 56.6 Å². The van der Waals surface area contributed by atoms with Crippen LogP contribution < -0.4 is 0 Å². The maximum Gasteiger partial charge on any atom is 0.321 e. The normalized spacial score (nSPS) is 31.9. The summed E-state index contributed by atoms with van der Waals surface area (Å²) in [6.07, 6.45) is 7.25. The maximum absolute atomic E-state index is 13.7. The molecule has 2 aromatic rings. The lowest BCUT2D eigenvalue weighted by atomic mass is 9.79. The van der Waals surface area contributed by atoms with Crippen molar-refractivity contribution in [2.24, 2.45) is 5.92 Å². The number of piperidine rings is 1. The van der Waals surface area contributed by atoms with Crippen molar-refractivity contribution in [2.75, 3.05) is 7.05 Å². The van der Waals surface area contributed by atoms with Crippen molar-refractivity contribution in [1.29, 1.82) is 0 Å². The maximum atomic E-state index is 13.7. The van der Waals surface area contributed by atoms with Crippen LogP contribution in [0.4, 0.5) is 0 Å². The summed E-state index contributed by atoms with van der Waals surface area (Å²) in [6, 6.07) is 17.2. The fourth-order valence-electron chi connectivity index (χ4n) is 6.76. The Hall–Kier alpha value is -2.13. The monoisotopic (exact) mass is 387 g/mol. The van der Waals surface area contributed by atoms with Crippen LogP contribution in [-0.2, 0) is 14.9 Å². The zero-order chi connectivity index (χ0) is 19.8. The summed E-state index contributed by atoms with van der Waals surface area (Å²) in [7, 11) is 2.30. The van der Waals surface area contributed by atoms with Crippen LogP contribution in [0.2, 0.25) is 0 Å². The van der Waals surface area contributed by atoms with E-state index < -0.39 is 5.41 Å². The Kier molecular flexibility index (Phi) is 3.63. The van der Waals surface area contributed by atoms with Crippen LogP contribution in [0.15, 0.2) is 48.5 Å². The Morgan fingerprint density at radius 1 is 1.00 bits per heavy atom. The third-order valence-corrected chi connectivity index (χ3v) is 8.52. The fraction of sp³-hybridized carbons (Fsp3) is 0.500. The molecule has 29 heavy (non-hydrogen) atoms. The summed E-state index contributed by atoms with van der Waals surface area (Å²) in [5.41, 5.74) is 4.06. The number of carbonyl (C=O) groups is 1. The van der Waals surface area contributed by atoms with Gasteiger partial charge in [0.1, 0.15) is 11.5 Å². The summed E-state index contributed by atoms with van der Waals surface area (Å²) >= 11 is 0. The SMILES string of the molecule is CN1C2CCC1(C1CC1)CC(OC(=O)C1(C)c3ccccc3-c3ccccc31)C2. The standard InChI is InChI=1S/C26H29NO2/c1-25(22-9-5-3-7-20(22)21-8-4-6-10-23(21)25)24(28)29-19-15-18-13-14-26(16-19,27(18)2)17-11-12-17/h3-10,17-19H,11-16H2,1-2H3. The molecule has 3 fully saturated rings. The van der Waals surface area contributed by atoms with Crippen molar-refractivity contribution < 1.29 is 9.53 Å². The van der Waals surface area contributed by atoms with E-state index in [1.807, 2.05) is 12.1 Å². The number of ether oxygens (including phenoxy) is 1. The highest BCUT2D eigenvalue weighted by atomic mass is 16.5. The molecule has 2 heterocycles. The van der Waals surface area contributed by atoms with E-state index in [1.165, 1.54) is 36.8 Å². The highest BCUT2D eigenvalue weighted by molar-refractivity contribution is 5.97. The molecule has 2 saturated heterocycles. The Morgan fingerprint density at radius 2 is 1.62 bits per heavy atom. The van der Waals surface area contributed by atoms with Gasteiger partial charge in [0.2, 0.25) is 0 Å². The van der Waals surface area contributed by atoms with Crippen molar-refractivity contribution in [1.82, 2.24) is 4.90 Å². The first-order chi connectivity index (χ1) is 14.0. The molecule has 3 nitrogen and oxygen atoms in total. The molecule has 3 heteroatoms. The van der Waals surface area contributed by atoms with Gasteiger partial charge < -0.3 is 4.74 Å². The lowest BCUT2D eigenvalue weighted by Crippen LogP contribution is -2.54. The molecule has 2 aliphatic carbocycles. The Labute approximate surface area is 173 Å². The van der Waals surface area contributed by atoms with Crippen LogP contribution >= 0.6 is 0 Å². The molecule has 0 spiro atoms. The Morgan fingerprint density at radius 3 is 2.24 bits per heavy atom. The van der Waals surface area contributed by atoms with Crippen LogP contribution in [0.3, 0.4) is 0 Å². The minimum absolute atomic E-state index is 0.0450. The number of fused-ring (bicyclic) bond motifs is 5. The van der Waals surface area contributed by atoms with Gasteiger partial charge in [0.15, 0.2) is 0 Å². The van der Waals surface area contributed by atoms with Gasteiger partial charge in [-0.1, -0.05) is 48.5 Å². The lowest BCUT2D eigenvalue weighted by Gasteiger charge is -2.46. The van der Waals surface area contributed by atoms with E-state index in [1.54, 1.807) is 0 Å². The number of benzene rings is 2. The number of esters is 1. The highest BCUT2D eigenvalue weighted by Gasteiger charge is 2.58. The molecule has 0 aromatic heterocycles. The molecule has 2 aromatic carbocycles. The van der Waals surface area contributed by atoms with Gasteiger partial charge in [-0.05, 0) is 67.8 Å². The highest BCUT2D eigenvalue weighted by Crippen LogP contribution is 2.56. The molecule has 1 saturated carbocycles. The Bertz CT molecular complexity index is 948. The molecule has 0 radical (unpaired) electrons. The third kappa shape index (κ3) is 2.31. The molecule has 2 bridgehead atoms. The van der Waals surface area contributed by atoms with Gasteiger partial charge in [0, 0.05) is 24.4 Å². The van der Waals surface area contributed by atoms with Gasteiger partial charge in [0.05, 0.1) is 0 Å². The summed E-state index contributed by atoms with van der Waals surface area (Å²) in [4.78, 5) is 16.4. The summed E-state index contributed by atoms with van der Waals surface area (Å²) in [5.74, 6) is 0.734. The molecule has 150 valence electrons. The van der Waals surface area contributed by atoms with Gasteiger partial charge in [-0.25, -0.2) is 0 Å². The van der Waals surface area contributed by atoms with E-state index in [4.69, 9.17) is 4.74 Å². The number of carbonyl (C=O) groups excluding carboxylic acids is 1. The van der Waals surface area contributed by atoms with E-state index in [0.29, 0.717) is 6.04 Å². The van der Waals surface area contributed by atoms with Gasteiger partial charge in [0.25, 0.3) is 0 Å². The van der Waals surface area contributed by atoms with Crippen LogP contribution in [0, 0.1) is 5.92 Å². The molecule has 2 aliphatic heterocycles. The summed E-state index contributed by atoms with van der Waals surface area (Å²) in [5, 5.41) is 0. The zero-order valence-electron chi connectivity index (χ0n) is 17.4.